The van der Waals surface area contributed by atoms with E-state index in [2.05, 4.69) is 9.97 Å². The Morgan fingerprint density at radius 2 is 1.78 bits per heavy atom. The van der Waals surface area contributed by atoms with Crippen molar-refractivity contribution in [3.05, 3.63) is 48.0 Å². The topological polar surface area (TPSA) is 55.0 Å². The zero-order valence-corrected chi connectivity index (χ0v) is 10.2. The lowest BCUT2D eigenvalue weighted by atomic mass is 10.2. The molecule has 0 aliphatic rings. The summed E-state index contributed by atoms with van der Waals surface area (Å²) in [6.45, 7) is 3.42. The maximum Gasteiger partial charge on any atom is 0.225 e. The molecule has 2 rings (SSSR count). The van der Waals surface area contributed by atoms with Crippen molar-refractivity contribution in [2.24, 2.45) is 0 Å². The van der Waals surface area contributed by atoms with Crippen molar-refractivity contribution in [1.82, 2.24) is 9.97 Å². The number of aromatic nitrogens is 2. The molecule has 94 valence electrons. The number of nitrogen functional groups attached to an aromatic ring is 1. The molecule has 5 heteroatoms. The molecule has 0 saturated heterocycles. The molecule has 0 fully saturated rings. The van der Waals surface area contributed by atoms with Gasteiger partial charge in [-0.2, -0.15) is 0 Å². The molecule has 4 nitrogen and oxygen atoms in total. The highest BCUT2D eigenvalue weighted by atomic mass is 19.1. The number of nitrogens with two attached hydrogens (primary N) is 1. The third kappa shape index (κ3) is 2.94. The largest absolute Gasteiger partial charge is 0.399 e. The van der Waals surface area contributed by atoms with Gasteiger partial charge >= 0.3 is 0 Å². The molecule has 0 amide bonds. The van der Waals surface area contributed by atoms with E-state index in [1.54, 1.807) is 0 Å². The van der Waals surface area contributed by atoms with Crippen LogP contribution < -0.4 is 10.6 Å². The number of nitrogens with zero attached hydrogens (tertiary/aromatic N) is 3. The molecule has 1 heterocycles. The summed E-state index contributed by atoms with van der Waals surface area (Å²) in [5, 5.41) is 0. The molecule has 2 N–H and O–H groups in total. The summed E-state index contributed by atoms with van der Waals surface area (Å²) < 4.78 is 12.8. The summed E-state index contributed by atoms with van der Waals surface area (Å²) in [5.74, 6) is 0.0954. The first kappa shape index (κ1) is 12.3. The molecule has 0 aliphatic heterocycles. The van der Waals surface area contributed by atoms with Crippen LogP contribution in [0.25, 0.3) is 0 Å². The third-order valence-corrected chi connectivity index (χ3v) is 2.62. The molecule has 0 unspecified atom stereocenters. The minimum Gasteiger partial charge on any atom is -0.399 e. The van der Waals surface area contributed by atoms with E-state index >= 15 is 0 Å². The standard InChI is InChI=1S/C13H15FN4/c1-2-18(13-16-7-11(14)8-17-13)9-10-3-5-12(15)6-4-10/h3-8H,2,9,15H2,1H3. The van der Waals surface area contributed by atoms with Gasteiger partial charge in [0.05, 0.1) is 12.4 Å². The van der Waals surface area contributed by atoms with Gasteiger partial charge in [0.25, 0.3) is 0 Å². The van der Waals surface area contributed by atoms with E-state index in [0.717, 1.165) is 17.8 Å². The van der Waals surface area contributed by atoms with Crippen LogP contribution in [0.15, 0.2) is 36.7 Å². The second kappa shape index (κ2) is 5.44. The van der Waals surface area contributed by atoms with E-state index in [9.17, 15) is 4.39 Å². The third-order valence-electron chi connectivity index (χ3n) is 2.62. The summed E-state index contributed by atoms with van der Waals surface area (Å²) in [6.07, 6.45) is 2.35. The summed E-state index contributed by atoms with van der Waals surface area (Å²) in [4.78, 5) is 9.92. The van der Waals surface area contributed by atoms with Gasteiger partial charge < -0.3 is 10.6 Å². The molecule has 2 aromatic rings. The van der Waals surface area contributed by atoms with Crippen LogP contribution in [-0.4, -0.2) is 16.5 Å². The van der Waals surface area contributed by atoms with E-state index in [1.165, 1.54) is 12.4 Å². The molecular weight excluding hydrogens is 231 g/mol. The second-order valence-electron chi connectivity index (χ2n) is 3.96. The Kier molecular flexibility index (Phi) is 3.72. The van der Waals surface area contributed by atoms with Crippen molar-refractivity contribution >= 4 is 11.6 Å². The molecule has 0 atom stereocenters. The lowest BCUT2D eigenvalue weighted by Crippen LogP contribution is -2.24. The molecule has 0 saturated carbocycles. The van der Waals surface area contributed by atoms with Gasteiger partial charge in [0.2, 0.25) is 5.95 Å². The highest BCUT2D eigenvalue weighted by molar-refractivity contribution is 5.40. The Labute approximate surface area is 105 Å². The molecule has 1 aromatic heterocycles. The van der Waals surface area contributed by atoms with Crippen LogP contribution in [0.2, 0.25) is 0 Å². The van der Waals surface area contributed by atoms with Crippen molar-refractivity contribution in [1.29, 1.82) is 0 Å². The number of rotatable bonds is 4. The van der Waals surface area contributed by atoms with E-state index < -0.39 is 5.82 Å². The Morgan fingerprint density at radius 1 is 1.17 bits per heavy atom. The van der Waals surface area contributed by atoms with Gasteiger partial charge in [-0.05, 0) is 24.6 Å². The number of hydrogen-bond donors (Lipinski definition) is 1. The zero-order chi connectivity index (χ0) is 13.0. The molecular formula is C13H15FN4. The van der Waals surface area contributed by atoms with E-state index in [1.807, 2.05) is 36.1 Å². The first-order chi connectivity index (χ1) is 8.69. The Hall–Kier alpha value is -2.17. The Balaban J connectivity index is 2.14. The van der Waals surface area contributed by atoms with Gasteiger partial charge in [0.15, 0.2) is 5.82 Å². The zero-order valence-electron chi connectivity index (χ0n) is 10.2. The van der Waals surface area contributed by atoms with Gasteiger partial charge in [-0.25, -0.2) is 14.4 Å². The molecule has 0 aliphatic carbocycles. The minimum absolute atomic E-state index is 0.428. The number of anilines is 2. The molecule has 1 aromatic carbocycles. The Morgan fingerprint density at radius 3 is 2.33 bits per heavy atom. The smallest absolute Gasteiger partial charge is 0.225 e. The summed E-state index contributed by atoms with van der Waals surface area (Å²) in [7, 11) is 0. The summed E-state index contributed by atoms with van der Waals surface area (Å²) in [5.41, 5.74) is 7.48. The van der Waals surface area contributed by atoms with Crippen LogP contribution >= 0.6 is 0 Å². The van der Waals surface area contributed by atoms with Crippen LogP contribution in [0.4, 0.5) is 16.0 Å². The highest BCUT2D eigenvalue weighted by Gasteiger charge is 2.08. The van der Waals surface area contributed by atoms with Crippen LogP contribution in [-0.2, 0) is 6.54 Å². The van der Waals surface area contributed by atoms with Gasteiger partial charge in [-0.15, -0.1) is 0 Å². The van der Waals surface area contributed by atoms with Crippen molar-refractivity contribution in [2.45, 2.75) is 13.5 Å². The maximum atomic E-state index is 12.8. The Bertz CT molecular complexity index is 495. The quantitative estimate of drug-likeness (QED) is 0.840. The van der Waals surface area contributed by atoms with Gasteiger partial charge in [0.1, 0.15) is 0 Å². The van der Waals surface area contributed by atoms with Crippen LogP contribution in [0.1, 0.15) is 12.5 Å². The predicted octanol–water partition coefficient (Wildman–Crippen LogP) is 2.22. The normalized spacial score (nSPS) is 10.3. The summed E-state index contributed by atoms with van der Waals surface area (Å²) >= 11 is 0. The fourth-order valence-electron chi connectivity index (χ4n) is 1.64. The van der Waals surface area contributed by atoms with Crippen LogP contribution in [0.3, 0.4) is 0 Å². The SMILES string of the molecule is CCN(Cc1ccc(N)cc1)c1ncc(F)cn1. The minimum atomic E-state index is -0.428. The van der Waals surface area contributed by atoms with Gasteiger partial charge in [-0.3, -0.25) is 0 Å². The van der Waals surface area contributed by atoms with E-state index in [4.69, 9.17) is 5.73 Å². The first-order valence-corrected chi connectivity index (χ1v) is 5.76. The lowest BCUT2D eigenvalue weighted by molar-refractivity contribution is 0.611. The molecule has 18 heavy (non-hydrogen) atoms. The first-order valence-electron chi connectivity index (χ1n) is 5.76. The monoisotopic (exact) mass is 246 g/mol. The van der Waals surface area contributed by atoms with Crippen molar-refractivity contribution in [3.63, 3.8) is 0 Å². The highest BCUT2D eigenvalue weighted by Crippen LogP contribution is 2.13. The summed E-state index contributed by atoms with van der Waals surface area (Å²) in [6, 6.07) is 7.63. The second-order valence-corrected chi connectivity index (χ2v) is 3.96. The van der Waals surface area contributed by atoms with Gasteiger partial charge in [-0.1, -0.05) is 12.1 Å². The van der Waals surface area contributed by atoms with Crippen molar-refractivity contribution in [3.8, 4) is 0 Å². The fourth-order valence-corrected chi connectivity index (χ4v) is 1.64. The fraction of sp³-hybridized carbons (Fsp3) is 0.231. The van der Waals surface area contributed by atoms with Crippen molar-refractivity contribution in [2.75, 3.05) is 17.2 Å². The molecule has 0 radical (unpaired) electrons. The number of benzene rings is 1. The number of hydrogen-bond acceptors (Lipinski definition) is 4. The molecule has 0 spiro atoms. The van der Waals surface area contributed by atoms with Crippen molar-refractivity contribution < 1.29 is 4.39 Å². The predicted molar refractivity (Wildman–Crippen MR) is 69.6 cm³/mol. The average molecular weight is 246 g/mol. The van der Waals surface area contributed by atoms with Crippen LogP contribution in [0.5, 0.6) is 0 Å². The van der Waals surface area contributed by atoms with Crippen LogP contribution in [0, 0.1) is 5.82 Å². The van der Waals surface area contributed by atoms with E-state index in [-0.39, 0.29) is 0 Å². The lowest BCUT2D eigenvalue weighted by Gasteiger charge is -2.20. The van der Waals surface area contributed by atoms with Gasteiger partial charge in [0, 0.05) is 18.8 Å². The number of halogens is 1. The average Bonchev–Trinajstić information content (AvgIpc) is 2.39. The maximum absolute atomic E-state index is 12.8. The molecule has 0 bridgehead atoms. The van der Waals surface area contributed by atoms with E-state index in [0.29, 0.717) is 12.5 Å².